The Kier molecular flexibility index (Phi) is 10.5. The largest absolute Gasteiger partial charge is 0.370 e. The van der Waals surface area contributed by atoms with Crippen molar-refractivity contribution in [2.75, 3.05) is 30.8 Å². The first-order valence-electron chi connectivity index (χ1n) is 14.8. The fourth-order valence-electron chi connectivity index (χ4n) is 4.93. The molecule has 266 valence electrons. The predicted molar refractivity (Wildman–Crippen MR) is 182 cm³/mol. The minimum absolute atomic E-state index is 0.185. The molecule has 1 unspecified atom stereocenters. The van der Waals surface area contributed by atoms with Gasteiger partial charge in [-0.15, -0.1) is 10.2 Å². The molecule has 0 fully saturated rings. The molecular formula is C29H38N8O9S3. The van der Waals surface area contributed by atoms with Gasteiger partial charge in [-0.25, -0.2) is 18.1 Å². The first-order chi connectivity index (χ1) is 22.5. The summed E-state index contributed by atoms with van der Waals surface area (Å²) >= 11 is 0. The average molecular weight is 739 g/mol. The van der Waals surface area contributed by atoms with E-state index < -0.39 is 63.0 Å². The van der Waals surface area contributed by atoms with Crippen molar-refractivity contribution in [2.45, 2.75) is 57.4 Å². The summed E-state index contributed by atoms with van der Waals surface area (Å²) in [6.45, 7) is 12.6. The van der Waals surface area contributed by atoms with E-state index in [1.165, 1.54) is 4.68 Å². The normalized spacial score (nSPS) is 15.2. The molecule has 0 bridgehead atoms. The van der Waals surface area contributed by atoms with Gasteiger partial charge in [0.1, 0.15) is 5.71 Å². The number of nitrogens with zero attached hydrogens (tertiary/aromatic N) is 6. The molecular weight excluding hydrogens is 701 g/mol. The van der Waals surface area contributed by atoms with E-state index >= 15 is 0 Å². The van der Waals surface area contributed by atoms with Gasteiger partial charge in [-0.2, -0.15) is 26.6 Å². The van der Waals surface area contributed by atoms with Crippen LogP contribution in [0.2, 0.25) is 0 Å². The lowest BCUT2D eigenvalue weighted by Crippen LogP contribution is -2.34. The first-order valence-corrected chi connectivity index (χ1v) is 19.6. The smallest absolute Gasteiger partial charge is 0.294 e. The molecule has 20 heteroatoms. The maximum absolute atomic E-state index is 13.2. The molecule has 1 atom stereocenters. The van der Waals surface area contributed by atoms with Gasteiger partial charge in [0.25, 0.3) is 26.1 Å². The quantitative estimate of drug-likeness (QED) is 0.196. The Balaban J connectivity index is 1.66. The zero-order valence-electron chi connectivity index (χ0n) is 27.8. The minimum atomic E-state index is -4.93. The van der Waals surface area contributed by atoms with Crippen LogP contribution in [0.4, 0.5) is 11.4 Å². The van der Waals surface area contributed by atoms with Gasteiger partial charge in [-0.1, -0.05) is 20.8 Å². The van der Waals surface area contributed by atoms with Gasteiger partial charge >= 0.3 is 0 Å². The summed E-state index contributed by atoms with van der Waals surface area (Å²) in [5.74, 6) is -0.450. The van der Waals surface area contributed by atoms with E-state index in [0.29, 0.717) is 42.1 Å². The number of carbonyl (C=O) groups is 1. The number of carbonyl (C=O) groups excluding carboxylic acids is 1. The number of aryl methyl sites for hydroxylation is 1. The zero-order chi connectivity index (χ0) is 36.7. The highest BCUT2D eigenvalue weighted by Gasteiger charge is 2.36. The Labute approximate surface area is 285 Å². The predicted octanol–water partition coefficient (Wildman–Crippen LogP) is 2.33. The van der Waals surface area contributed by atoms with Crippen LogP contribution in [0.3, 0.4) is 0 Å². The minimum Gasteiger partial charge on any atom is -0.370 e. The van der Waals surface area contributed by atoms with Crippen molar-refractivity contribution in [3.8, 4) is 0 Å². The summed E-state index contributed by atoms with van der Waals surface area (Å²) in [6.07, 6.45) is 1.11. The Bertz CT molecular complexity index is 2140. The summed E-state index contributed by atoms with van der Waals surface area (Å²) in [4.78, 5) is 18.3. The highest BCUT2D eigenvalue weighted by Crippen LogP contribution is 2.31. The van der Waals surface area contributed by atoms with Crippen LogP contribution in [0.5, 0.6) is 0 Å². The zero-order valence-corrected chi connectivity index (χ0v) is 30.3. The van der Waals surface area contributed by atoms with E-state index in [9.17, 15) is 39.2 Å². The van der Waals surface area contributed by atoms with E-state index in [0.717, 1.165) is 29.6 Å². The third-order valence-corrected chi connectivity index (χ3v) is 9.78. The summed E-state index contributed by atoms with van der Waals surface area (Å²) in [5, 5.41) is 15.8. The van der Waals surface area contributed by atoms with Crippen LogP contribution < -0.4 is 14.9 Å². The maximum atomic E-state index is 13.2. The number of rotatable bonds is 12. The lowest BCUT2D eigenvalue weighted by molar-refractivity contribution is 0.0937. The van der Waals surface area contributed by atoms with Crippen molar-refractivity contribution in [3.05, 3.63) is 59.2 Å². The molecule has 4 N–H and O–H groups in total. The van der Waals surface area contributed by atoms with E-state index in [4.69, 9.17) is 10.1 Å². The number of benzene rings is 2. The molecule has 1 aliphatic rings. The molecule has 1 amide bonds. The number of hydrogen-bond acceptors (Lipinski definition) is 12. The highest BCUT2D eigenvalue weighted by atomic mass is 32.2. The molecule has 49 heavy (non-hydrogen) atoms. The van der Waals surface area contributed by atoms with Crippen LogP contribution in [0, 0.1) is 12.3 Å². The Morgan fingerprint density at radius 2 is 1.61 bits per heavy atom. The van der Waals surface area contributed by atoms with E-state index in [-0.39, 0.29) is 12.4 Å². The number of likely N-dealkylation sites (N-methyl/N-ethyl adjacent to an activating group) is 1. The third kappa shape index (κ3) is 8.94. The molecule has 1 aromatic heterocycles. The number of hydrogen-bond donors (Lipinski definition) is 4. The monoisotopic (exact) mass is 738 g/mol. The van der Waals surface area contributed by atoms with Crippen molar-refractivity contribution in [3.63, 3.8) is 0 Å². The van der Waals surface area contributed by atoms with Gasteiger partial charge in [0.15, 0.2) is 5.82 Å². The van der Waals surface area contributed by atoms with E-state index in [1.54, 1.807) is 6.92 Å². The number of sulfonamides is 1. The highest BCUT2D eigenvalue weighted by molar-refractivity contribution is 7.88. The molecule has 0 spiro atoms. The molecule has 0 radical (unpaired) electrons. The topological polar surface area (TPSA) is 243 Å². The standard InChI is InChI=1S/C29H38N8O9S3/c1-8-36(12-11-30-47(7,39)40)20-9-10-23(17(2)13-20)32-24-25(29(4,5)6)35-37-26(33-34-27(24)37)18(3)31-28(38)19-14-21(48(41,42)43)16-22(15-19)49(44,45)46/h9-10,13-16,18,30H,8,11-12H2,1-7H3,(H,31,38)(H,41,42,43)(H,44,45,46). The van der Waals surface area contributed by atoms with Crippen molar-refractivity contribution in [2.24, 2.45) is 15.5 Å². The second kappa shape index (κ2) is 13.7. The number of nitrogens with one attached hydrogen (secondary N) is 2. The lowest BCUT2D eigenvalue weighted by Gasteiger charge is -2.24. The Morgan fingerprint density at radius 1 is 1.00 bits per heavy atom. The van der Waals surface area contributed by atoms with Crippen LogP contribution >= 0.6 is 0 Å². The maximum Gasteiger partial charge on any atom is 0.294 e. The van der Waals surface area contributed by atoms with Crippen LogP contribution in [0.1, 0.15) is 68.2 Å². The van der Waals surface area contributed by atoms with Crippen LogP contribution in [-0.2, 0) is 30.3 Å². The molecule has 0 saturated carbocycles. The number of anilines is 1. The van der Waals surface area contributed by atoms with Gasteiger partial charge in [0.05, 0.1) is 33.5 Å². The molecule has 2 aromatic carbocycles. The van der Waals surface area contributed by atoms with Gasteiger partial charge < -0.3 is 10.2 Å². The average Bonchev–Trinajstić information content (AvgIpc) is 3.55. The summed E-state index contributed by atoms with van der Waals surface area (Å²) < 4.78 is 92.7. The lowest BCUT2D eigenvalue weighted by atomic mass is 9.87. The summed E-state index contributed by atoms with van der Waals surface area (Å²) in [7, 11) is -13.2. The van der Waals surface area contributed by atoms with Crippen LogP contribution in [0.15, 0.2) is 56.3 Å². The summed E-state index contributed by atoms with van der Waals surface area (Å²) in [6, 6.07) is 6.83. The summed E-state index contributed by atoms with van der Waals surface area (Å²) in [5.41, 5.74) is 2.41. The SMILES string of the molecule is CCN(CCNS(C)(=O)=O)c1ccc(N=C2C(C(C)(C)C)=Nn3c2nnc3C(C)NC(=O)c2cc(S(=O)(=O)O)cc(S(=O)(=O)O)c2)c(C)c1. The molecule has 1 aliphatic heterocycles. The van der Waals surface area contributed by atoms with Crippen LogP contribution in [-0.4, -0.2) is 92.5 Å². The van der Waals surface area contributed by atoms with Gasteiger partial charge in [-0.3, -0.25) is 13.9 Å². The number of aromatic nitrogens is 3. The van der Waals surface area contributed by atoms with Crippen molar-refractivity contribution >= 4 is 59.0 Å². The van der Waals surface area contributed by atoms with Gasteiger partial charge in [0, 0.05) is 36.3 Å². The van der Waals surface area contributed by atoms with Crippen molar-refractivity contribution in [1.29, 1.82) is 0 Å². The van der Waals surface area contributed by atoms with Gasteiger partial charge in [0.2, 0.25) is 15.8 Å². The number of aliphatic imine (C=N–C) groups is 1. The fraction of sp³-hybridized carbons (Fsp3) is 0.414. The Hall–Kier alpha value is -4.08. The third-order valence-electron chi connectivity index (χ3n) is 7.39. The molecule has 0 aliphatic carbocycles. The molecule has 17 nitrogen and oxygen atoms in total. The molecule has 0 saturated heterocycles. The molecule has 4 rings (SSSR count). The fourth-order valence-corrected chi connectivity index (χ4v) is 6.57. The second-order valence-corrected chi connectivity index (χ2v) is 17.1. The number of amides is 1. The molecule has 3 aromatic rings. The van der Waals surface area contributed by atoms with Crippen molar-refractivity contribution < 1.29 is 39.2 Å². The molecule has 2 heterocycles. The van der Waals surface area contributed by atoms with E-state index in [1.807, 2.05) is 57.7 Å². The first kappa shape index (κ1) is 37.7. The Morgan fingerprint density at radius 3 is 2.12 bits per heavy atom. The van der Waals surface area contributed by atoms with Gasteiger partial charge in [-0.05, 0) is 62.7 Å². The van der Waals surface area contributed by atoms with Crippen LogP contribution in [0.25, 0.3) is 0 Å². The second-order valence-electron chi connectivity index (χ2n) is 12.4. The van der Waals surface area contributed by atoms with E-state index in [2.05, 4.69) is 20.2 Å². The number of fused-ring (bicyclic) bond motifs is 1. The van der Waals surface area contributed by atoms with Crippen molar-refractivity contribution in [1.82, 2.24) is 24.9 Å².